The summed E-state index contributed by atoms with van der Waals surface area (Å²) in [7, 11) is 1.66. The molecule has 0 atom stereocenters. The predicted octanol–water partition coefficient (Wildman–Crippen LogP) is 5.09. The molecule has 0 aliphatic carbocycles. The monoisotopic (exact) mass is 297 g/mol. The van der Waals surface area contributed by atoms with E-state index in [1.54, 1.807) is 7.11 Å². The van der Waals surface area contributed by atoms with E-state index < -0.39 is 0 Å². The normalized spacial score (nSPS) is 10.0. The number of aromatic amines is 1. The fourth-order valence-corrected chi connectivity index (χ4v) is 2.28. The first-order valence-corrected chi connectivity index (χ1v) is 7.60. The minimum Gasteiger partial charge on any atom is -0.493 e. The van der Waals surface area contributed by atoms with E-state index in [-0.39, 0.29) is 0 Å². The number of nitrogens with one attached hydrogen (secondary N) is 1. The van der Waals surface area contributed by atoms with Crippen LogP contribution in [0.3, 0.4) is 0 Å². The number of ether oxygens (including phenoxy) is 2. The van der Waals surface area contributed by atoms with Crippen molar-refractivity contribution in [3.05, 3.63) is 59.8 Å². The lowest BCUT2D eigenvalue weighted by Crippen LogP contribution is -1.97. The third kappa shape index (κ3) is 3.42. The van der Waals surface area contributed by atoms with Crippen LogP contribution in [0, 0.1) is 6.92 Å². The molecule has 3 rings (SSSR count). The summed E-state index contributed by atoms with van der Waals surface area (Å²) in [5.41, 5.74) is 3.40. The van der Waals surface area contributed by atoms with Gasteiger partial charge in [-0.25, -0.2) is 0 Å². The lowest BCUT2D eigenvalue weighted by molar-refractivity contribution is 0.285. The van der Waals surface area contributed by atoms with Gasteiger partial charge in [0.1, 0.15) is 6.61 Å². The van der Waals surface area contributed by atoms with Gasteiger partial charge >= 0.3 is 0 Å². The molecule has 0 amide bonds. The van der Waals surface area contributed by atoms with Crippen LogP contribution in [0.1, 0.15) is 25.0 Å². The Morgan fingerprint density at radius 2 is 1.73 bits per heavy atom. The van der Waals surface area contributed by atoms with E-state index >= 15 is 0 Å². The zero-order valence-corrected chi connectivity index (χ0v) is 13.6. The highest BCUT2D eigenvalue weighted by Crippen LogP contribution is 2.33. The van der Waals surface area contributed by atoms with Crippen molar-refractivity contribution >= 4 is 10.9 Å². The lowest BCUT2D eigenvalue weighted by Gasteiger charge is -2.11. The zero-order chi connectivity index (χ0) is 15.9. The van der Waals surface area contributed by atoms with Crippen molar-refractivity contribution in [2.75, 3.05) is 7.11 Å². The van der Waals surface area contributed by atoms with Crippen molar-refractivity contribution in [3.8, 4) is 11.5 Å². The molecule has 0 fully saturated rings. The van der Waals surface area contributed by atoms with E-state index in [0.29, 0.717) is 6.61 Å². The molecule has 1 heterocycles. The Balaban J connectivity index is 0.000000847. The SMILES string of the molecule is CC.COc1cc2[nH]cc(C)c2cc1OCc1ccccc1. The molecule has 0 spiro atoms. The zero-order valence-electron chi connectivity index (χ0n) is 13.6. The number of hydrogen-bond acceptors (Lipinski definition) is 2. The van der Waals surface area contributed by atoms with Gasteiger partial charge in [0.2, 0.25) is 0 Å². The van der Waals surface area contributed by atoms with E-state index in [1.165, 1.54) is 5.56 Å². The van der Waals surface area contributed by atoms with Crippen molar-refractivity contribution in [1.29, 1.82) is 0 Å². The predicted molar refractivity (Wildman–Crippen MR) is 91.7 cm³/mol. The Morgan fingerprint density at radius 3 is 2.41 bits per heavy atom. The molecule has 3 nitrogen and oxygen atoms in total. The maximum atomic E-state index is 5.91. The van der Waals surface area contributed by atoms with Crippen LogP contribution < -0.4 is 9.47 Å². The Kier molecular flexibility index (Phi) is 5.48. The number of H-pyrrole nitrogens is 1. The van der Waals surface area contributed by atoms with E-state index in [4.69, 9.17) is 9.47 Å². The van der Waals surface area contributed by atoms with Crippen LogP contribution in [-0.4, -0.2) is 12.1 Å². The maximum Gasteiger partial charge on any atom is 0.162 e. The molecule has 3 heteroatoms. The first-order chi connectivity index (χ1) is 10.8. The van der Waals surface area contributed by atoms with Crippen molar-refractivity contribution in [1.82, 2.24) is 4.98 Å². The second-order valence-corrected chi connectivity index (χ2v) is 4.79. The Labute approximate surface area is 131 Å². The van der Waals surface area contributed by atoms with Crippen LogP contribution in [0.25, 0.3) is 10.9 Å². The van der Waals surface area contributed by atoms with Gasteiger partial charge in [-0.2, -0.15) is 0 Å². The Morgan fingerprint density at radius 1 is 1.00 bits per heavy atom. The van der Waals surface area contributed by atoms with Crippen LogP contribution >= 0.6 is 0 Å². The number of benzene rings is 2. The molecule has 1 aromatic heterocycles. The molecule has 0 saturated carbocycles. The van der Waals surface area contributed by atoms with Gasteiger partial charge in [0, 0.05) is 23.2 Å². The summed E-state index contributed by atoms with van der Waals surface area (Å²) in [5, 5.41) is 1.16. The molecule has 116 valence electrons. The molecule has 3 aromatic rings. The second-order valence-electron chi connectivity index (χ2n) is 4.79. The van der Waals surface area contributed by atoms with Crippen LogP contribution in [0.2, 0.25) is 0 Å². The summed E-state index contributed by atoms with van der Waals surface area (Å²) < 4.78 is 11.3. The fraction of sp³-hybridized carbons (Fsp3) is 0.263. The number of rotatable bonds is 4. The van der Waals surface area contributed by atoms with Crippen molar-refractivity contribution in [3.63, 3.8) is 0 Å². The largest absolute Gasteiger partial charge is 0.493 e. The molecule has 0 aliphatic heterocycles. The number of fused-ring (bicyclic) bond motifs is 1. The second kappa shape index (κ2) is 7.55. The van der Waals surface area contributed by atoms with E-state index in [0.717, 1.165) is 28.0 Å². The average molecular weight is 297 g/mol. The van der Waals surface area contributed by atoms with Gasteiger partial charge in [-0.05, 0) is 24.1 Å². The molecular formula is C19H23NO2. The third-order valence-corrected chi connectivity index (χ3v) is 3.41. The van der Waals surface area contributed by atoms with Gasteiger partial charge in [0.25, 0.3) is 0 Å². The first kappa shape index (κ1) is 16.0. The van der Waals surface area contributed by atoms with Crippen molar-refractivity contribution in [2.45, 2.75) is 27.4 Å². The molecule has 1 N–H and O–H groups in total. The quantitative estimate of drug-likeness (QED) is 0.727. The summed E-state index contributed by atoms with van der Waals surface area (Å²) in [5.74, 6) is 1.52. The van der Waals surface area contributed by atoms with Crippen molar-refractivity contribution < 1.29 is 9.47 Å². The van der Waals surface area contributed by atoms with Gasteiger partial charge in [0.05, 0.1) is 7.11 Å². The topological polar surface area (TPSA) is 34.2 Å². The first-order valence-electron chi connectivity index (χ1n) is 7.60. The molecule has 0 saturated heterocycles. The van der Waals surface area contributed by atoms with Gasteiger partial charge in [-0.15, -0.1) is 0 Å². The Bertz CT molecular complexity index is 717. The summed E-state index contributed by atoms with van der Waals surface area (Å²) in [6, 6.07) is 14.1. The molecule has 0 bridgehead atoms. The number of aryl methyl sites for hydroxylation is 1. The minimum atomic E-state index is 0.534. The van der Waals surface area contributed by atoms with E-state index in [2.05, 4.69) is 11.9 Å². The standard InChI is InChI=1S/C17H17NO2.C2H6/c1-12-10-18-15-9-16(19-2)17(8-14(12)15)20-11-13-6-4-3-5-7-13;1-2/h3-10,18H,11H2,1-2H3;1-2H3. The number of methoxy groups -OCH3 is 1. The Hall–Kier alpha value is -2.42. The fourth-order valence-electron chi connectivity index (χ4n) is 2.28. The molecule has 22 heavy (non-hydrogen) atoms. The van der Waals surface area contributed by atoms with Crippen LogP contribution in [-0.2, 0) is 6.61 Å². The van der Waals surface area contributed by atoms with Crippen LogP contribution in [0.15, 0.2) is 48.7 Å². The average Bonchev–Trinajstić information content (AvgIpc) is 2.95. The number of aromatic nitrogens is 1. The van der Waals surface area contributed by atoms with Gasteiger partial charge in [-0.3, -0.25) is 0 Å². The highest BCUT2D eigenvalue weighted by molar-refractivity contribution is 5.86. The number of hydrogen-bond donors (Lipinski definition) is 1. The van der Waals surface area contributed by atoms with Crippen molar-refractivity contribution in [2.24, 2.45) is 0 Å². The molecule has 0 radical (unpaired) electrons. The molecule has 0 unspecified atom stereocenters. The molecule has 2 aromatic carbocycles. The van der Waals surface area contributed by atoms with Gasteiger partial charge < -0.3 is 14.5 Å². The summed E-state index contributed by atoms with van der Waals surface area (Å²) >= 11 is 0. The summed E-state index contributed by atoms with van der Waals surface area (Å²) in [6.07, 6.45) is 1.99. The smallest absolute Gasteiger partial charge is 0.162 e. The van der Waals surface area contributed by atoms with Crippen LogP contribution in [0.5, 0.6) is 11.5 Å². The van der Waals surface area contributed by atoms with Gasteiger partial charge in [0.15, 0.2) is 11.5 Å². The minimum absolute atomic E-state index is 0.534. The molecule has 0 aliphatic rings. The lowest BCUT2D eigenvalue weighted by atomic mass is 10.1. The maximum absolute atomic E-state index is 5.91. The van der Waals surface area contributed by atoms with Gasteiger partial charge in [-0.1, -0.05) is 44.2 Å². The summed E-state index contributed by atoms with van der Waals surface area (Å²) in [6.45, 7) is 6.61. The summed E-state index contributed by atoms with van der Waals surface area (Å²) in [4.78, 5) is 3.23. The molecular weight excluding hydrogens is 274 g/mol. The van der Waals surface area contributed by atoms with Crippen LogP contribution in [0.4, 0.5) is 0 Å². The highest BCUT2D eigenvalue weighted by atomic mass is 16.5. The van der Waals surface area contributed by atoms with E-state index in [9.17, 15) is 0 Å². The third-order valence-electron chi connectivity index (χ3n) is 3.41. The highest BCUT2D eigenvalue weighted by Gasteiger charge is 2.09. The van der Waals surface area contributed by atoms with E-state index in [1.807, 2.05) is 62.5 Å².